The Bertz CT molecular complexity index is 91.3. The van der Waals surface area contributed by atoms with Crippen LogP contribution in [0.3, 0.4) is 0 Å². The van der Waals surface area contributed by atoms with Crippen LogP contribution in [0.2, 0.25) is 0 Å². The Balaban J connectivity index is 1.83. The van der Waals surface area contributed by atoms with Crippen LogP contribution in [-0.2, 0) is 4.74 Å². The molecule has 0 aromatic rings. The van der Waals surface area contributed by atoms with E-state index >= 15 is 0 Å². The maximum Gasteiger partial charge on any atom is 0.0667 e. The zero-order valence-electron chi connectivity index (χ0n) is 6.89. The topological polar surface area (TPSA) is 21.3 Å². The van der Waals surface area contributed by atoms with Crippen molar-refractivity contribution in [2.45, 2.75) is 25.9 Å². The summed E-state index contributed by atoms with van der Waals surface area (Å²) in [4.78, 5) is 0. The third-order valence-electron chi connectivity index (χ3n) is 1.96. The van der Waals surface area contributed by atoms with Gasteiger partial charge in [-0.05, 0) is 32.2 Å². The van der Waals surface area contributed by atoms with Crippen molar-refractivity contribution < 1.29 is 4.74 Å². The van der Waals surface area contributed by atoms with Crippen molar-refractivity contribution in [2.75, 3.05) is 20.2 Å². The summed E-state index contributed by atoms with van der Waals surface area (Å²) in [5.41, 5.74) is 0. The van der Waals surface area contributed by atoms with Crippen molar-refractivity contribution >= 4 is 0 Å². The second-order valence-corrected chi connectivity index (χ2v) is 3.15. The van der Waals surface area contributed by atoms with Crippen LogP contribution in [0.25, 0.3) is 0 Å². The Morgan fingerprint density at radius 2 is 2.30 bits per heavy atom. The number of hydrogen-bond acceptors (Lipinski definition) is 2. The molecule has 1 N–H and O–H groups in total. The second kappa shape index (κ2) is 3.94. The Kier molecular flexibility index (Phi) is 3.16. The predicted octanol–water partition coefficient (Wildman–Crippen LogP) is 1.02. The lowest BCUT2D eigenvalue weighted by molar-refractivity contribution is 0.117. The van der Waals surface area contributed by atoms with E-state index in [0.29, 0.717) is 6.10 Å². The maximum atomic E-state index is 5.09. The zero-order valence-corrected chi connectivity index (χ0v) is 6.89. The van der Waals surface area contributed by atoms with Crippen LogP contribution in [0.4, 0.5) is 0 Å². The molecular weight excluding hydrogens is 126 g/mol. The van der Waals surface area contributed by atoms with Gasteiger partial charge >= 0.3 is 0 Å². The molecule has 2 heteroatoms. The highest BCUT2D eigenvalue weighted by atomic mass is 16.5. The van der Waals surface area contributed by atoms with Gasteiger partial charge in [-0.15, -0.1) is 0 Å². The molecule has 1 unspecified atom stereocenters. The fourth-order valence-electron chi connectivity index (χ4n) is 0.896. The van der Waals surface area contributed by atoms with E-state index in [1.54, 1.807) is 7.11 Å². The highest BCUT2D eigenvalue weighted by molar-refractivity contribution is 4.75. The normalized spacial score (nSPS) is 21.0. The number of ether oxygens (including phenoxy) is 1. The third-order valence-corrected chi connectivity index (χ3v) is 1.96. The summed E-state index contributed by atoms with van der Waals surface area (Å²) in [6.45, 7) is 4.26. The van der Waals surface area contributed by atoms with Crippen LogP contribution in [0.1, 0.15) is 19.8 Å². The Morgan fingerprint density at radius 3 is 2.80 bits per heavy atom. The minimum atomic E-state index is 0.360. The summed E-state index contributed by atoms with van der Waals surface area (Å²) in [7, 11) is 1.75. The average molecular weight is 143 g/mol. The maximum absolute atomic E-state index is 5.09. The minimum Gasteiger partial charge on any atom is -0.380 e. The van der Waals surface area contributed by atoms with Crippen molar-refractivity contribution in [3.8, 4) is 0 Å². The van der Waals surface area contributed by atoms with Gasteiger partial charge in [-0.1, -0.05) is 0 Å². The fraction of sp³-hybridized carbons (Fsp3) is 1.00. The number of nitrogens with one attached hydrogen (secondary N) is 1. The van der Waals surface area contributed by atoms with Gasteiger partial charge in [0.25, 0.3) is 0 Å². The summed E-state index contributed by atoms with van der Waals surface area (Å²) in [6, 6.07) is 0. The number of methoxy groups -OCH3 is 1. The zero-order chi connectivity index (χ0) is 7.40. The molecule has 0 radical (unpaired) electrons. The van der Waals surface area contributed by atoms with E-state index in [9.17, 15) is 0 Å². The van der Waals surface area contributed by atoms with Crippen molar-refractivity contribution in [1.29, 1.82) is 0 Å². The van der Waals surface area contributed by atoms with Gasteiger partial charge in [-0.2, -0.15) is 0 Å². The van der Waals surface area contributed by atoms with Crippen molar-refractivity contribution in [2.24, 2.45) is 5.92 Å². The first-order valence-electron chi connectivity index (χ1n) is 4.06. The smallest absolute Gasteiger partial charge is 0.0667 e. The van der Waals surface area contributed by atoms with Crippen molar-refractivity contribution in [3.05, 3.63) is 0 Å². The Hall–Kier alpha value is -0.0800. The standard InChI is InChI=1S/C8H17NO/c1-7(10-2)5-9-6-8-3-4-8/h7-9H,3-6H2,1-2H3. The van der Waals surface area contributed by atoms with Gasteiger partial charge in [0.05, 0.1) is 6.10 Å². The molecular formula is C8H17NO. The summed E-state index contributed by atoms with van der Waals surface area (Å²) in [5.74, 6) is 0.976. The van der Waals surface area contributed by atoms with E-state index in [1.807, 2.05) is 0 Å². The van der Waals surface area contributed by atoms with Crippen molar-refractivity contribution in [3.63, 3.8) is 0 Å². The van der Waals surface area contributed by atoms with Gasteiger partial charge in [0, 0.05) is 13.7 Å². The van der Waals surface area contributed by atoms with Crippen LogP contribution < -0.4 is 5.32 Å². The molecule has 1 saturated carbocycles. The molecule has 0 heterocycles. The van der Waals surface area contributed by atoms with Gasteiger partial charge in [-0.3, -0.25) is 0 Å². The first kappa shape index (κ1) is 8.02. The molecule has 0 aromatic carbocycles. The highest BCUT2D eigenvalue weighted by Gasteiger charge is 2.20. The monoisotopic (exact) mass is 143 g/mol. The largest absolute Gasteiger partial charge is 0.380 e. The van der Waals surface area contributed by atoms with Gasteiger partial charge < -0.3 is 10.1 Å². The molecule has 60 valence electrons. The van der Waals surface area contributed by atoms with Crippen LogP contribution in [0, 0.1) is 5.92 Å². The number of hydrogen-bond donors (Lipinski definition) is 1. The molecule has 1 aliphatic carbocycles. The summed E-state index contributed by atoms with van der Waals surface area (Å²) < 4.78 is 5.09. The molecule has 0 bridgehead atoms. The van der Waals surface area contributed by atoms with E-state index in [0.717, 1.165) is 12.5 Å². The quantitative estimate of drug-likeness (QED) is 0.620. The first-order valence-corrected chi connectivity index (χ1v) is 4.06. The van der Waals surface area contributed by atoms with E-state index < -0.39 is 0 Å². The molecule has 0 aliphatic heterocycles. The third kappa shape index (κ3) is 3.18. The predicted molar refractivity (Wildman–Crippen MR) is 42.1 cm³/mol. The van der Waals surface area contributed by atoms with Gasteiger partial charge in [-0.25, -0.2) is 0 Å². The SMILES string of the molecule is COC(C)CNCC1CC1. The average Bonchev–Trinajstić information content (AvgIpc) is 2.71. The van der Waals surface area contributed by atoms with Gasteiger partial charge in [0.15, 0.2) is 0 Å². The van der Waals surface area contributed by atoms with Crippen LogP contribution in [-0.4, -0.2) is 26.3 Å². The minimum absolute atomic E-state index is 0.360. The molecule has 0 spiro atoms. The molecule has 1 rings (SSSR count). The molecule has 0 aromatic heterocycles. The lowest BCUT2D eigenvalue weighted by Crippen LogP contribution is -2.27. The molecule has 10 heavy (non-hydrogen) atoms. The lowest BCUT2D eigenvalue weighted by atomic mass is 10.3. The molecule has 1 fully saturated rings. The van der Waals surface area contributed by atoms with Gasteiger partial charge in [0.2, 0.25) is 0 Å². The Morgan fingerprint density at radius 1 is 1.60 bits per heavy atom. The van der Waals surface area contributed by atoms with E-state index in [2.05, 4.69) is 12.2 Å². The summed E-state index contributed by atoms with van der Waals surface area (Å²) in [5, 5.41) is 3.37. The molecule has 0 saturated heterocycles. The fourth-order valence-corrected chi connectivity index (χ4v) is 0.896. The number of rotatable bonds is 5. The highest BCUT2D eigenvalue weighted by Crippen LogP contribution is 2.27. The molecule has 0 amide bonds. The Labute approximate surface area is 63.0 Å². The lowest BCUT2D eigenvalue weighted by Gasteiger charge is -2.09. The summed E-state index contributed by atoms with van der Waals surface area (Å²) in [6.07, 6.45) is 3.21. The first-order chi connectivity index (χ1) is 4.83. The summed E-state index contributed by atoms with van der Waals surface area (Å²) >= 11 is 0. The van der Waals surface area contributed by atoms with E-state index in [1.165, 1.54) is 19.4 Å². The second-order valence-electron chi connectivity index (χ2n) is 3.15. The van der Waals surface area contributed by atoms with Crippen LogP contribution in [0.5, 0.6) is 0 Å². The van der Waals surface area contributed by atoms with Gasteiger partial charge in [0.1, 0.15) is 0 Å². The van der Waals surface area contributed by atoms with Crippen molar-refractivity contribution in [1.82, 2.24) is 5.32 Å². The molecule has 2 nitrogen and oxygen atoms in total. The van der Waals surface area contributed by atoms with Crippen LogP contribution in [0.15, 0.2) is 0 Å². The van der Waals surface area contributed by atoms with Crippen LogP contribution >= 0.6 is 0 Å². The molecule has 1 aliphatic rings. The van der Waals surface area contributed by atoms with E-state index in [-0.39, 0.29) is 0 Å². The van der Waals surface area contributed by atoms with E-state index in [4.69, 9.17) is 4.74 Å². The molecule has 1 atom stereocenters.